The van der Waals surface area contributed by atoms with E-state index in [0.717, 1.165) is 46.6 Å². The van der Waals surface area contributed by atoms with E-state index in [-0.39, 0.29) is 0 Å². The summed E-state index contributed by atoms with van der Waals surface area (Å²) in [7, 11) is 0. The van der Waals surface area contributed by atoms with Crippen LogP contribution in [0.15, 0.2) is 28.8 Å². The van der Waals surface area contributed by atoms with Crippen molar-refractivity contribution in [2.75, 3.05) is 11.9 Å². The quantitative estimate of drug-likeness (QED) is 0.651. The summed E-state index contributed by atoms with van der Waals surface area (Å²) in [6, 6.07) is 1.89. The Morgan fingerprint density at radius 1 is 1.20 bits per heavy atom. The van der Waals surface area contributed by atoms with Crippen molar-refractivity contribution in [3.63, 3.8) is 0 Å². The lowest BCUT2D eigenvalue weighted by atomic mass is 10.2. The SMILES string of the molecule is CCCNc1ncnc(Sc2nccc(C)n2)c1CC. The Balaban J connectivity index is 2.26. The van der Waals surface area contributed by atoms with Crippen LogP contribution < -0.4 is 5.32 Å². The fourth-order valence-electron chi connectivity index (χ4n) is 1.76. The molecule has 0 amide bonds. The molecule has 5 nitrogen and oxygen atoms in total. The van der Waals surface area contributed by atoms with Gasteiger partial charge in [0.1, 0.15) is 17.2 Å². The maximum Gasteiger partial charge on any atom is 0.194 e. The van der Waals surface area contributed by atoms with Gasteiger partial charge in [0.25, 0.3) is 0 Å². The topological polar surface area (TPSA) is 63.6 Å². The average molecular weight is 289 g/mol. The molecular weight excluding hydrogens is 270 g/mol. The van der Waals surface area contributed by atoms with Gasteiger partial charge in [0.05, 0.1) is 0 Å². The van der Waals surface area contributed by atoms with Crippen molar-refractivity contribution in [1.29, 1.82) is 0 Å². The number of anilines is 1. The second-order valence-corrected chi connectivity index (χ2v) is 5.32. The third kappa shape index (κ3) is 3.66. The highest BCUT2D eigenvalue weighted by Gasteiger charge is 2.12. The third-order valence-corrected chi connectivity index (χ3v) is 3.69. The molecular formula is C14H19N5S. The Labute approximate surface area is 123 Å². The van der Waals surface area contributed by atoms with Gasteiger partial charge < -0.3 is 5.32 Å². The minimum atomic E-state index is 0.722. The Hall–Kier alpha value is -1.69. The molecule has 0 saturated heterocycles. The van der Waals surface area contributed by atoms with Gasteiger partial charge >= 0.3 is 0 Å². The molecule has 0 aromatic carbocycles. The lowest BCUT2D eigenvalue weighted by Gasteiger charge is -2.11. The van der Waals surface area contributed by atoms with Crippen LogP contribution in [-0.4, -0.2) is 26.5 Å². The molecule has 2 rings (SSSR count). The molecule has 1 N–H and O–H groups in total. The highest BCUT2D eigenvalue weighted by atomic mass is 32.2. The predicted molar refractivity (Wildman–Crippen MR) is 81.1 cm³/mol. The number of hydrogen-bond donors (Lipinski definition) is 1. The molecule has 0 aliphatic carbocycles. The summed E-state index contributed by atoms with van der Waals surface area (Å²) in [5.74, 6) is 0.916. The van der Waals surface area contributed by atoms with Gasteiger partial charge in [-0.3, -0.25) is 0 Å². The molecule has 0 saturated carbocycles. The second kappa shape index (κ2) is 7.19. The van der Waals surface area contributed by atoms with Crippen molar-refractivity contribution in [3.8, 4) is 0 Å². The predicted octanol–water partition coefficient (Wildman–Crippen LogP) is 3.11. The van der Waals surface area contributed by atoms with Gasteiger partial charge in [-0.05, 0) is 37.6 Å². The Morgan fingerprint density at radius 3 is 2.75 bits per heavy atom. The van der Waals surface area contributed by atoms with E-state index in [2.05, 4.69) is 39.1 Å². The molecule has 0 bridgehead atoms. The van der Waals surface area contributed by atoms with E-state index < -0.39 is 0 Å². The van der Waals surface area contributed by atoms with Crippen LogP contribution in [0.1, 0.15) is 31.5 Å². The monoisotopic (exact) mass is 289 g/mol. The van der Waals surface area contributed by atoms with Crippen LogP contribution in [-0.2, 0) is 6.42 Å². The van der Waals surface area contributed by atoms with Gasteiger partial charge in [0, 0.05) is 24.0 Å². The summed E-state index contributed by atoms with van der Waals surface area (Å²) in [5.41, 5.74) is 2.08. The molecule has 0 aliphatic rings. The van der Waals surface area contributed by atoms with Gasteiger partial charge in [0.2, 0.25) is 0 Å². The van der Waals surface area contributed by atoms with E-state index in [9.17, 15) is 0 Å². The second-order valence-electron chi connectivity index (χ2n) is 4.37. The van der Waals surface area contributed by atoms with E-state index in [0.29, 0.717) is 0 Å². The van der Waals surface area contributed by atoms with E-state index in [4.69, 9.17) is 0 Å². The first-order valence-corrected chi connectivity index (χ1v) is 7.61. The van der Waals surface area contributed by atoms with Crippen LogP contribution in [0.4, 0.5) is 5.82 Å². The standard InChI is InChI=1S/C14H19N5S/c1-4-7-15-12-11(5-2)13(18-9-17-12)20-14-16-8-6-10(3)19-14/h6,8-9H,4-5,7H2,1-3H3,(H,15,17,18). The van der Waals surface area contributed by atoms with Crippen LogP contribution in [0.2, 0.25) is 0 Å². The molecule has 0 atom stereocenters. The Bertz CT molecular complexity index is 573. The van der Waals surface area contributed by atoms with Crippen molar-refractivity contribution < 1.29 is 0 Å². The fourth-order valence-corrected chi connectivity index (χ4v) is 2.70. The first kappa shape index (κ1) is 14.7. The number of nitrogens with one attached hydrogen (secondary N) is 1. The largest absolute Gasteiger partial charge is 0.370 e. The van der Waals surface area contributed by atoms with Crippen LogP contribution in [0.5, 0.6) is 0 Å². The molecule has 0 radical (unpaired) electrons. The van der Waals surface area contributed by atoms with Gasteiger partial charge in [-0.15, -0.1) is 0 Å². The number of aryl methyl sites for hydroxylation is 1. The third-order valence-electron chi connectivity index (χ3n) is 2.76. The van der Waals surface area contributed by atoms with Crippen LogP contribution in [0.3, 0.4) is 0 Å². The molecule has 2 aromatic rings. The molecule has 6 heteroatoms. The summed E-state index contributed by atoms with van der Waals surface area (Å²) in [6.07, 6.45) is 5.31. The number of aromatic nitrogens is 4. The van der Waals surface area contributed by atoms with E-state index in [1.165, 1.54) is 11.8 Å². The van der Waals surface area contributed by atoms with Crippen LogP contribution in [0.25, 0.3) is 0 Å². The Kier molecular flexibility index (Phi) is 5.29. The highest BCUT2D eigenvalue weighted by molar-refractivity contribution is 7.99. The molecule has 0 spiro atoms. The fraction of sp³-hybridized carbons (Fsp3) is 0.429. The van der Waals surface area contributed by atoms with Crippen molar-refractivity contribution in [2.24, 2.45) is 0 Å². The molecule has 0 aliphatic heterocycles. The minimum absolute atomic E-state index is 0.722. The maximum atomic E-state index is 4.41. The van der Waals surface area contributed by atoms with Gasteiger partial charge in [0.15, 0.2) is 5.16 Å². The van der Waals surface area contributed by atoms with E-state index >= 15 is 0 Å². The number of nitrogens with zero attached hydrogens (tertiary/aromatic N) is 4. The van der Waals surface area contributed by atoms with Crippen molar-refractivity contribution in [2.45, 2.75) is 43.8 Å². The normalized spacial score (nSPS) is 10.6. The zero-order valence-electron chi connectivity index (χ0n) is 12.1. The number of hydrogen-bond acceptors (Lipinski definition) is 6. The van der Waals surface area contributed by atoms with Gasteiger partial charge in [-0.25, -0.2) is 19.9 Å². The summed E-state index contributed by atoms with van der Waals surface area (Å²) in [5, 5.41) is 4.99. The molecule has 0 fully saturated rings. The van der Waals surface area contributed by atoms with Crippen LogP contribution >= 0.6 is 11.8 Å². The highest BCUT2D eigenvalue weighted by Crippen LogP contribution is 2.29. The smallest absolute Gasteiger partial charge is 0.194 e. The lowest BCUT2D eigenvalue weighted by Crippen LogP contribution is -2.07. The minimum Gasteiger partial charge on any atom is -0.370 e. The van der Waals surface area contributed by atoms with Gasteiger partial charge in [-0.2, -0.15) is 0 Å². The molecule has 106 valence electrons. The summed E-state index contributed by atoms with van der Waals surface area (Å²) >= 11 is 1.49. The van der Waals surface area contributed by atoms with E-state index in [1.54, 1.807) is 12.5 Å². The molecule has 2 heterocycles. The summed E-state index contributed by atoms with van der Waals surface area (Å²) in [6.45, 7) is 7.11. The van der Waals surface area contributed by atoms with Crippen LogP contribution in [0, 0.1) is 6.92 Å². The van der Waals surface area contributed by atoms with Crippen molar-refractivity contribution >= 4 is 17.6 Å². The Morgan fingerprint density at radius 2 is 2.05 bits per heavy atom. The van der Waals surface area contributed by atoms with Gasteiger partial charge in [-0.1, -0.05) is 13.8 Å². The van der Waals surface area contributed by atoms with Crippen molar-refractivity contribution in [1.82, 2.24) is 19.9 Å². The van der Waals surface area contributed by atoms with Crippen molar-refractivity contribution in [3.05, 3.63) is 29.8 Å². The first-order chi connectivity index (χ1) is 9.74. The average Bonchev–Trinajstić information content (AvgIpc) is 2.45. The molecule has 20 heavy (non-hydrogen) atoms. The zero-order valence-corrected chi connectivity index (χ0v) is 12.9. The van der Waals surface area contributed by atoms with E-state index in [1.807, 2.05) is 13.0 Å². The molecule has 2 aromatic heterocycles. The zero-order chi connectivity index (χ0) is 14.4. The maximum absolute atomic E-state index is 4.41. The summed E-state index contributed by atoms with van der Waals surface area (Å²) < 4.78 is 0. The number of rotatable bonds is 6. The lowest BCUT2D eigenvalue weighted by molar-refractivity contribution is 0.895. The molecule has 0 unspecified atom stereocenters. The summed E-state index contributed by atoms with van der Waals surface area (Å²) in [4.78, 5) is 17.4. The first-order valence-electron chi connectivity index (χ1n) is 6.79.